The number of hydrogen-bond acceptors (Lipinski definition) is 4. The van der Waals surface area contributed by atoms with Crippen LogP contribution in [0.4, 0.5) is 0 Å². The minimum Gasteiger partial charge on any atom is -0.355 e. The average Bonchev–Trinajstić information content (AvgIpc) is 2.68. The number of guanidine groups is 1. The average molecular weight is 530 g/mol. The maximum atomic E-state index is 11.5. The Kier molecular flexibility index (Phi) is 11.6. The lowest BCUT2D eigenvalue weighted by atomic mass is 9.79. The third kappa shape index (κ3) is 7.95. The van der Waals surface area contributed by atoms with Crippen LogP contribution < -0.4 is 10.0 Å². The molecule has 0 aromatic rings. The van der Waals surface area contributed by atoms with Gasteiger partial charge in [-0.1, -0.05) is 13.8 Å². The molecule has 1 saturated heterocycles. The third-order valence-corrected chi connectivity index (χ3v) is 7.54. The zero-order valence-electron chi connectivity index (χ0n) is 18.0. The van der Waals surface area contributed by atoms with Gasteiger partial charge in [-0.15, -0.1) is 24.0 Å². The second-order valence-electron chi connectivity index (χ2n) is 8.11. The number of rotatable bonds is 7. The molecule has 166 valence electrons. The van der Waals surface area contributed by atoms with Crippen molar-refractivity contribution in [2.75, 3.05) is 52.1 Å². The van der Waals surface area contributed by atoms with Gasteiger partial charge in [-0.25, -0.2) is 13.1 Å². The van der Waals surface area contributed by atoms with Gasteiger partial charge in [-0.05, 0) is 44.4 Å². The number of halogens is 1. The van der Waals surface area contributed by atoms with Crippen LogP contribution in [0.25, 0.3) is 0 Å². The van der Waals surface area contributed by atoms with E-state index in [0.29, 0.717) is 13.1 Å². The monoisotopic (exact) mass is 529 g/mol. The molecule has 1 saturated carbocycles. The largest absolute Gasteiger partial charge is 0.355 e. The molecule has 0 aromatic carbocycles. The van der Waals surface area contributed by atoms with Gasteiger partial charge in [0.05, 0.1) is 5.75 Å². The van der Waals surface area contributed by atoms with Gasteiger partial charge in [0, 0.05) is 52.4 Å². The summed E-state index contributed by atoms with van der Waals surface area (Å²) >= 11 is 0. The summed E-state index contributed by atoms with van der Waals surface area (Å²) in [7, 11) is -1.34. The van der Waals surface area contributed by atoms with E-state index in [2.05, 4.69) is 38.7 Å². The number of aliphatic imine (C=N–C) groups is 1. The molecule has 1 aliphatic heterocycles. The number of hydrogen-bond donors (Lipinski definition) is 2. The quantitative estimate of drug-likeness (QED) is 0.228. The van der Waals surface area contributed by atoms with Crippen molar-refractivity contribution >= 4 is 40.0 Å². The summed E-state index contributed by atoms with van der Waals surface area (Å²) in [6, 6.07) is 0.751. The number of sulfonamides is 1. The van der Waals surface area contributed by atoms with E-state index in [-0.39, 0.29) is 29.7 Å². The van der Waals surface area contributed by atoms with E-state index in [0.717, 1.165) is 50.0 Å². The van der Waals surface area contributed by atoms with Crippen LogP contribution in [0.5, 0.6) is 0 Å². The maximum absolute atomic E-state index is 11.5. The van der Waals surface area contributed by atoms with Gasteiger partial charge < -0.3 is 10.2 Å². The Bertz CT molecular complexity index is 569. The van der Waals surface area contributed by atoms with Crippen LogP contribution in [0, 0.1) is 11.8 Å². The molecule has 0 amide bonds. The maximum Gasteiger partial charge on any atom is 0.211 e. The van der Waals surface area contributed by atoms with E-state index in [4.69, 9.17) is 0 Å². The Morgan fingerprint density at radius 1 is 1.07 bits per heavy atom. The van der Waals surface area contributed by atoms with Crippen LogP contribution in [0.15, 0.2) is 4.99 Å². The Labute approximate surface area is 189 Å². The van der Waals surface area contributed by atoms with Crippen molar-refractivity contribution in [1.82, 2.24) is 19.8 Å². The highest BCUT2D eigenvalue weighted by Gasteiger charge is 2.29. The minimum absolute atomic E-state index is 0. The summed E-state index contributed by atoms with van der Waals surface area (Å²) in [4.78, 5) is 9.31. The zero-order chi connectivity index (χ0) is 19.9. The molecule has 0 unspecified atom stereocenters. The first-order valence-electron chi connectivity index (χ1n) is 10.5. The van der Waals surface area contributed by atoms with Crippen molar-refractivity contribution in [2.45, 2.75) is 52.5 Å². The van der Waals surface area contributed by atoms with Gasteiger partial charge in [0.25, 0.3) is 0 Å². The van der Waals surface area contributed by atoms with Gasteiger partial charge in [0.2, 0.25) is 10.0 Å². The van der Waals surface area contributed by atoms with E-state index in [1.54, 1.807) is 14.0 Å². The third-order valence-electron chi connectivity index (χ3n) is 6.14. The molecule has 0 radical (unpaired) electrons. The molecule has 2 aliphatic rings. The summed E-state index contributed by atoms with van der Waals surface area (Å²) < 4.78 is 25.5. The first-order chi connectivity index (χ1) is 12.9. The zero-order valence-corrected chi connectivity index (χ0v) is 21.1. The molecule has 0 bridgehead atoms. The number of piperazine rings is 1. The number of nitrogens with zero attached hydrogens (tertiary/aromatic N) is 3. The molecule has 0 spiro atoms. The van der Waals surface area contributed by atoms with Crippen LogP contribution in [0.1, 0.15) is 46.5 Å². The Hall–Kier alpha value is -0.130. The lowest BCUT2D eigenvalue weighted by Gasteiger charge is -2.43. The highest BCUT2D eigenvalue weighted by Crippen LogP contribution is 2.32. The highest BCUT2D eigenvalue weighted by atomic mass is 127. The van der Waals surface area contributed by atoms with Crippen molar-refractivity contribution in [1.29, 1.82) is 0 Å². The van der Waals surface area contributed by atoms with Gasteiger partial charge in [-0.3, -0.25) is 9.89 Å². The van der Waals surface area contributed by atoms with E-state index in [1.807, 2.05) is 0 Å². The fourth-order valence-corrected chi connectivity index (χ4v) is 4.86. The molecule has 7 nitrogen and oxygen atoms in total. The molecule has 2 N–H and O–H groups in total. The highest BCUT2D eigenvalue weighted by molar-refractivity contribution is 14.0. The van der Waals surface area contributed by atoms with Crippen LogP contribution in [0.3, 0.4) is 0 Å². The van der Waals surface area contributed by atoms with Crippen molar-refractivity contribution in [3.8, 4) is 0 Å². The fourth-order valence-electron chi connectivity index (χ4n) is 4.25. The molecule has 2 rings (SSSR count). The number of nitrogens with one attached hydrogen (secondary N) is 2. The van der Waals surface area contributed by atoms with Crippen LogP contribution in [-0.2, 0) is 10.0 Å². The summed E-state index contributed by atoms with van der Waals surface area (Å²) in [5.41, 5.74) is 0. The fraction of sp³-hybridized carbons (Fsp3) is 0.947. The standard InChI is InChI=1S/C19H39N5O2S.HI/c1-5-27(25,26)22-11-10-21-19(20-4)24-14-12-23(13-15-24)18-8-6-17(7-9-18)16(2)3;/h16-18,22H,5-15H2,1-4H3,(H,20,21);1H. The first-order valence-corrected chi connectivity index (χ1v) is 12.2. The molecule has 0 aromatic heterocycles. The van der Waals surface area contributed by atoms with Crippen LogP contribution in [0.2, 0.25) is 0 Å². The van der Waals surface area contributed by atoms with Crippen molar-refractivity contribution in [3.05, 3.63) is 0 Å². The molecule has 2 fully saturated rings. The molecule has 1 heterocycles. The molecular weight excluding hydrogens is 489 g/mol. The van der Waals surface area contributed by atoms with Gasteiger partial charge in [-0.2, -0.15) is 0 Å². The second kappa shape index (κ2) is 12.5. The second-order valence-corrected chi connectivity index (χ2v) is 10.2. The van der Waals surface area contributed by atoms with Crippen LogP contribution >= 0.6 is 24.0 Å². The Morgan fingerprint density at radius 2 is 1.68 bits per heavy atom. The minimum atomic E-state index is -3.13. The lowest BCUT2D eigenvalue weighted by molar-refractivity contribution is 0.0864. The summed E-state index contributed by atoms with van der Waals surface area (Å²) in [5, 5.41) is 3.28. The Morgan fingerprint density at radius 3 is 2.18 bits per heavy atom. The predicted molar refractivity (Wildman–Crippen MR) is 128 cm³/mol. The summed E-state index contributed by atoms with van der Waals surface area (Å²) in [6.07, 6.45) is 5.43. The molecule has 1 aliphatic carbocycles. The van der Waals surface area contributed by atoms with E-state index >= 15 is 0 Å². The predicted octanol–water partition coefficient (Wildman–Crippen LogP) is 1.95. The molecule has 0 atom stereocenters. The van der Waals surface area contributed by atoms with Crippen molar-refractivity contribution in [2.24, 2.45) is 16.8 Å². The summed E-state index contributed by atoms with van der Waals surface area (Å²) in [6.45, 7) is 11.4. The van der Waals surface area contributed by atoms with Crippen molar-refractivity contribution < 1.29 is 8.42 Å². The molecule has 28 heavy (non-hydrogen) atoms. The Balaban J connectivity index is 0.00000392. The van der Waals surface area contributed by atoms with Crippen molar-refractivity contribution in [3.63, 3.8) is 0 Å². The van der Waals surface area contributed by atoms with Gasteiger partial charge in [0.1, 0.15) is 0 Å². The SMILES string of the molecule is CCS(=O)(=O)NCCNC(=NC)N1CCN(C2CCC(C(C)C)CC2)CC1.I. The first kappa shape index (κ1) is 25.9. The van der Waals surface area contributed by atoms with Gasteiger partial charge in [0.15, 0.2) is 5.96 Å². The topological polar surface area (TPSA) is 77.0 Å². The lowest BCUT2D eigenvalue weighted by Crippen LogP contribution is -2.55. The van der Waals surface area contributed by atoms with E-state index in [1.165, 1.54) is 25.7 Å². The normalized spacial score (nSPS) is 24.9. The molecule has 9 heteroatoms. The van der Waals surface area contributed by atoms with Crippen LogP contribution in [-0.4, -0.2) is 82.3 Å². The van der Waals surface area contributed by atoms with E-state index in [9.17, 15) is 8.42 Å². The summed E-state index contributed by atoms with van der Waals surface area (Å²) in [5.74, 6) is 2.71. The van der Waals surface area contributed by atoms with Gasteiger partial charge >= 0.3 is 0 Å². The smallest absolute Gasteiger partial charge is 0.211 e. The molecular formula is C19H40IN5O2S. The van der Waals surface area contributed by atoms with E-state index < -0.39 is 10.0 Å².